The van der Waals surface area contributed by atoms with Crippen LogP contribution >= 0.6 is 0 Å². The van der Waals surface area contributed by atoms with Gasteiger partial charge in [0.25, 0.3) is 5.91 Å². The van der Waals surface area contributed by atoms with E-state index in [9.17, 15) is 9.59 Å². The molecule has 1 atom stereocenters. The number of anilines is 1. The largest absolute Gasteiger partial charge is 0.340 e. The molecule has 32 heavy (non-hydrogen) atoms. The monoisotopic (exact) mass is 426 g/mol. The summed E-state index contributed by atoms with van der Waals surface area (Å²) in [5.41, 5.74) is 2.93. The molecular weight excluding hydrogens is 400 g/mol. The van der Waals surface area contributed by atoms with Crippen LogP contribution in [-0.2, 0) is 11.2 Å². The molecule has 162 valence electrons. The number of rotatable bonds is 6. The van der Waals surface area contributed by atoms with Crippen molar-refractivity contribution in [2.75, 3.05) is 32.1 Å². The third-order valence-electron chi connectivity index (χ3n) is 5.85. The first-order chi connectivity index (χ1) is 15.5. The fourth-order valence-electron chi connectivity index (χ4n) is 4.22. The number of nitrogens with zero attached hydrogens (tertiary/aromatic N) is 3. The van der Waals surface area contributed by atoms with Gasteiger partial charge in [0.1, 0.15) is 6.04 Å². The quantitative estimate of drug-likeness (QED) is 0.656. The molecule has 1 N–H and O–H groups in total. The number of hydrogen-bond donors (Lipinski definition) is 1. The van der Waals surface area contributed by atoms with Gasteiger partial charge in [-0.25, -0.2) is 0 Å². The molecule has 6 heteroatoms. The highest BCUT2D eigenvalue weighted by Gasteiger charge is 2.34. The van der Waals surface area contributed by atoms with Gasteiger partial charge in [-0.3, -0.25) is 9.59 Å². The Morgan fingerprint density at radius 3 is 2.59 bits per heavy atom. The van der Waals surface area contributed by atoms with E-state index in [4.69, 9.17) is 5.26 Å². The van der Waals surface area contributed by atoms with Gasteiger partial charge in [-0.2, -0.15) is 5.26 Å². The Morgan fingerprint density at radius 2 is 1.88 bits per heavy atom. The summed E-state index contributed by atoms with van der Waals surface area (Å²) in [7, 11) is 4.03. The Hall–Kier alpha value is -3.69. The second kappa shape index (κ2) is 9.21. The predicted octanol–water partition coefficient (Wildman–Crippen LogP) is 3.35. The van der Waals surface area contributed by atoms with Crippen molar-refractivity contribution in [3.8, 4) is 6.07 Å². The second-order valence-electron chi connectivity index (χ2n) is 8.35. The van der Waals surface area contributed by atoms with Crippen molar-refractivity contribution in [3.05, 3.63) is 77.4 Å². The van der Waals surface area contributed by atoms with Crippen LogP contribution in [0.15, 0.2) is 60.7 Å². The van der Waals surface area contributed by atoms with Gasteiger partial charge < -0.3 is 15.1 Å². The standard InChI is InChI=1S/C26H26N4O2/c1-29(2)14-5-15-30-24-13-12-19-6-3-4-7-21(19)22(24)16-23(26(30)32)28-25(31)20-10-8-18(17-27)9-11-20/h3-4,6-13,23H,5,14-16H2,1-2H3,(H,28,31). The molecule has 1 aliphatic heterocycles. The minimum atomic E-state index is -0.643. The van der Waals surface area contributed by atoms with Crippen molar-refractivity contribution in [2.24, 2.45) is 0 Å². The lowest BCUT2D eigenvalue weighted by molar-refractivity contribution is -0.120. The van der Waals surface area contributed by atoms with Gasteiger partial charge in [-0.15, -0.1) is 0 Å². The van der Waals surface area contributed by atoms with Crippen LogP contribution in [-0.4, -0.2) is 49.9 Å². The molecule has 0 bridgehead atoms. The summed E-state index contributed by atoms with van der Waals surface area (Å²) in [4.78, 5) is 30.2. The van der Waals surface area contributed by atoms with E-state index in [1.807, 2.05) is 43.3 Å². The van der Waals surface area contributed by atoms with Crippen LogP contribution in [0.3, 0.4) is 0 Å². The van der Waals surface area contributed by atoms with Gasteiger partial charge in [-0.05, 0) is 73.7 Å². The summed E-state index contributed by atoms with van der Waals surface area (Å²) >= 11 is 0. The van der Waals surface area contributed by atoms with Gasteiger partial charge in [-0.1, -0.05) is 30.3 Å². The average Bonchev–Trinajstić information content (AvgIpc) is 2.81. The Balaban J connectivity index is 1.65. The number of carbonyl (C=O) groups excluding carboxylic acids is 2. The first kappa shape index (κ1) is 21.5. The third kappa shape index (κ3) is 4.34. The minimum Gasteiger partial charge on any atom is -0.340 e. The van der Waals surface area contributed by atoms with Crippen molar-refractivity contribution >= 4 is 28.3 Å². The fourth-order valence-corrected chi connectivity index (χ4v) is 4.22. The van der Waals surface area contributed by atoms with E-state index in [1.54, 1.807) is 24.3 Å². The maximum absolute atomic E-state index is 13.4. The first-order valence-electron chi connectivity index (χ1n) is 10.8. The van der Waals surface area contributed by atoms with E-state index in [-0.39, 0.29) is 11.8 Å². The SMILES string of the molecule is CN(C)CCCN1C(=O)C(NC(=O)c2ccc(C#N)cc2)Cc2c1ccc1ccccc21. The number of nitrogens with one attached hydrogen (secondary N) is 1. The zero-order valence-electron chi connectivity index (χ0n) is 18.3. The number of hydrogen-bond acceptors (Lipinski definition) is 4. The molecular formula is C26H26N4O2. The number of carbonyl (C=O) groups is 2. The van der Waals surface area contributed by atoms with Gasteiger partial charge >= 0.3 is 0 Å². The van der Waals surface area contributed by atoms with Crippen molar-refractivity contribution in [1.82, 2.24) is 10.2 Å². The number of amides is 2. The van der Waals surface area contributed by atoms with Crippen molar-refractivity contribution < 1.29 is 9.59 Å². The summed E-state index contributed by atoms with van der Waals surface area (Å²) in [5.74, 6) is -0.404. The predicted molar refractivity (Wildman–Crippen MR) is 126 cm³/mol. The Morgan fingerprint density at radius 1 is 1.12 bits per heavy atom. The van der Waals surface area contributed by atoms with Gasteiger partial charge in [0, 0.05) is 24.2 Å². The second-order valence-corrected chi connectivity index (χ2v) is 8.35. The molecule has 2 amide bonds. The van der Waals surface area contributed by atoms with E-state index in [1.165, 1.54) is 0 Å². The molecule has 0 fully saturated rings. The molecule has 0 aliphatic carbocycles. The van der Waals surface area contributed by atoms with Crippen molar-refractivity contribution in [1.29, 1.82) is 5.26 Å². The van der Waals surface area contributed by atoms with Crippen LogP contribution in [0, 0.1) is 11.3 Å². The van der Waals surface area contributed by atoms with Crippen LogP contribution in [0.1, 0.15) is 27.9 Å². The van der Waals surface area contributed by atoms with E-state index >= 15 is 0 Å². The summed E-state index contributed by atoms with van der Waals surface area (Å²) in [6, 6.07) is 20.0. The third-order valence-corrected chi connectivity index (χ3v) is 5.85. The number of fused-ring (bicyclic) bond motifs is 3. The molecule has 3 aromatic rings. The number of nitriles is 1. The van der Waals surface area contributed by atoms with E-state index in [0.29, 0.717) is 24.1 Å². The Labute approximate surface area is 188 Å². The zero-order chi connectivity index (χ0) is 22.7. The lowest BCUT2D eigenvalue weighted by Gasteiger charge is -2.35. The summed E-state index contributed by atoms with van der Waals surface area (Å²) in [6.07, 6.45) is 1.28. The molecule has 1 aliphatic rings. The van der Waals surface area contributed by atoms with E-state index < -0.39 is 6.04 Å². The average molecular weight is 427 g/mol. The highest BCUT2D eigenvalue weighted by atomic mass is 16.2. The summed E-state index contributed by atoms with van der Waals surface area (Å²) < 4.78 is 0. The van der Waals surface area contributed by atoms with Crippen LogP contribution in [0.25, 0.3) is 10.8 Å². The lowest BCUT2D eigenvalue weighted by atomic mass is 9.91. The highest BCUT2D eigenvalue weighted by Crippen LogP contribution is 2.34. The summed E-state index contributed by atoms with van der Waals surface area (Å²) in [6.45, 7) is 1.46. The molecule has 0 radical (unpaired) electrons. The topological polar surface area (TPSA) is 76.4 Å². The molecule has 0 saturated heterocycles. The maximum atomic E-state index is 13.4. The smallest absolute Gasteiger partial charge is 0.251 e. The fraction of sp³-hybridized carbons (Fsp3) is 0.269. The van der Waals surface area contributed by atoms with E-state index in [0.717, 1.165) is 35.0 Å². The van der Waals surface area contributed by atoms with Gasteiger partial charge in [0.05, 0.1) is 11.6 Å². The molecule has 3 aromatic carbocycles. The van der Waals surface area contributed by atoms with Crippen LogP contribution in [0.2, 0.25) is 0 Å². The molecule has 0 aromatic heterocycles. The van der Waals surface area contributed by atoms with Gasteiger partial charge in [0.2, 0.25) is 5.91 Å². The molecule has 1 unspecified atom stereocenters. The van der Waals surface area contributed by atoms with Crippen LogP contribution in [0.5, 0.6) is 0 Å². The van der Waals surface area contributed by atoms with Gasteiger partial charge in [0.15, 0.2) is 0 Å². The van der Waals surface area contributed by atoms with Crippen LogP contribution in [0.4, 0.5) is 5.69 Å². The first-order valence-corrected chi connectivity index (χ1v) is 10.8. The highest BCUT2D eigenvalue weighted by molar-refractivity contribution is 6.07. The lowest BCUT2D eigenvalue weighted by Crippen LogP contribution is -2.53. The molecule has 6 nitrogen and oxygen atoms in total. The Kier molecular flexibility index (Phi) is 6.20. The molecule has 1 heterocycles. The van der Waals surface area contributed by atoms with Crippen molar-refractivity contribution in [3.63, 3.8) is 0 Å². The van der Waals surface area contributed by atoms with E-state index in [2.05, 4.69) is 28.4 Å². The molecule has 0 saturated carbocycles. The minimum absolute atomic E-state index is 0.0893. The normalized spacial score (nSPS) is 15.5. The number of benzene rings is 3. The van der Waals surface area contributed by atoms with Crippen molar-refractivity contribution in [2.45, 2.75) is 18.9 Å². The zero-order valence-corrected chi connectivity index (χ0v) is 18.3. The Bertz CT molecular complexity index is 1190. The molecule has 4 rings (SSSR count). The maximum Gasteiger partial charge on any atom is 0.251 e. The molecule has 0 spiro atoms. The summed E-state index contributed by atoms with van der Waals surface area (Å²) in [5, 5.41) is 14.1. The van der Waals surface area contributed by atoms with Crippen LogP contribution < -0.4 is 10.2 Å².